The van der Waals surface area contributed by atoms with Gasteiger partial charge in [0.2, 0.25) is 0 Å². The molecule has 0 aliphatic heterocycles. The van der Waals surface area contributed by atoms with Gasteiger partial charge in [-0.15, -0.1) is 0 Å². The Morgan fingerprint density at radius 1 is 1.00 bits per heavy atom. The summed E-state index contributed by atoms with van der Waals surface area (Å²) in [6.07, 6.45) is 0.558. The van der Waals surface area contributed by atoms with E-state index in [9.17, 15) is 17.6 Å². The standard InChI is InChI=1S/C22H20ClFN2O4S/c23-21-12-11-19(31(28,29)26-17-9-7-16(24)8-10-17)15-20(21)22(27)25-13-4-14-30-18-5-2-1-3-6-18/h1-3,5-12,15,26H,4,13-14H2,(H,25,27). The van der Waals surface area contributed by atoms with Crippen LogP contribution in [0, 0.1) is 5.82 Å². The lowest BCUT2D eigenvalue weighted by molar-refractivity contribution is 0.0951. The van der Waals surface area contributed by atoms with Crippen LogP contribution in [0.2, 0.25) is 5.02 Å². The second-order valence-corrected chi connectivity index (χ2v) is 8.61. The van der Waals surface area contributed by atoms with Gasteiger partial charge in [-0.1, -0.05) is 29.8 Å². The number of carbonyl (C=O) groups is 1. The van der Waals surface area contributed by atoms with E-state index in [0.717, 1.165) is 17.9 Å². The van der Waals surface area contributed by atoms with Crippen LogP contribution in [0.15, 0.2) is 77.7 Å². The topological polar surface area (TPSA) is 84.5 Å². The number of carbonyl (C=O) groups excluding carboxylic acids is 1. The summed E-state index contributed by atoms with van der Waals surface area (Å²) >= 11 is 6.10. The fourth-order valence-electron chi connectivity index (χ4n) is 2.65. The minimum Gasteiger partial charge on any atom is -0.494 e. The smallest absolute Gasteiger partial charge is 0.261 e. The number of hydrogen-bond acceptors (Lipinski definition) is 4. The lowest BCUT2D eigenvalue weighted by Crippen LogP contribution is -2.26. The van der Waals surface area contributed by atoms with Gasteiger partial charge in [-0.3, -0.25) is 9.52 Å². The summed E-state index contributed by atoms with van der Waals surface area (Å²) < 4.78 is 46.1. The van der Waals surface area contributed by atoms with Crippen molar-refractivity contribution in [3.8, 4) is 5.75 Å². The maximum Gasteiger partial charge on any atom is 0.261 e. The van der Waals surface area contributed by atoms with Gasteiger partial charge in [0.15, 0.2) is 0 Å². The minimum atomic E-state index is -3.99. The summed E-state index contributed by atoms with van der Waals surface area (Å²) in [4.78, 5) is 12.3. The van der Waals surface area contributed by atoms with Gasteiger partial charge in [-0.25, -0.2) is 12.8 Å². The Kier molecular flexibility index (Phi) is 7.49. The summed E-state index contributed by atoms with van der Waals surface area (Å²) in [6.45, 7) is 0.737. The highest BCUT2D eigenvalue weighted by Crippen LogP contribution is 2.23. The fraction of sp³-hybridized carbons (Fsp3) is 0.136. The monoisotopic (exact) mass is 462 g/mol. The molecule has 3 rings (SSSR count). The second-order valence-electron chi connectivity index (χ2n) is 6.53. The molecule has 9 heteroatoms. The molecule has 31 heavy (non-hydrogen) atoms. The summed E-state index contributed by atoms with van der Waals surface area (Å²) in [7, 11) is -3.99. The lowest BCUT2D eigenvalue weighted by atomic mass is 10.2. The van der Waals surface area contributed by atoms with E-state index in [1.54, 1.807) is 0 Å². The summed E-state index contributed by atoms with van der Waals surface area (Å²) in [6, 6.07) is 18.0. The van der Waals surface area contributed by atoms with Gasteiger partial charge >= 0.3 is 0 Å². The zero-order valence-electron chi connectivity index (χ0n) is 16.3. The predicted molar refractivity (Wildman–Crippen MR) is 118 cm³/mol. The van der Waals surface area contributed by atoms with Crippen molar-refractivity contribution < 1.29 is 22.3 Å². The molecular weight excluding hydrogens is 443 g/mol. The largest absolute Gasteiger partial charge is 0.494 e. The van der Waals surface area contributed by atoms with Crippen molar-refractivity contribution in [2.24, 2.45) is 0 Å². The molecule has 0 fully saturated rings. The van der Waals surface area contributed by atoms with Gasteiger partial charge in [0.05, 0.1) is 22.1 Å². The first-order valence-electron chi connectivity index (χ1n) is 9.39. The van der Waals surface area contributed by atoms with E-state index < -0.39 is 21.7 Å². The highest BCUT2D eigenvalue weighted by Gasteiger charge is 2.19. The number of nitrogens with one attached hydrogen (secondary N) is 2. The molecule has 0 radical (unpaired) electrons. The Morgan fingerprint density at radius 3 is 2.42 bits per heavy atom. The molecular formula is C22H20ClFN2O4S. The molecule has 0 atom stereocenters. The summed E-state index contributed by atoms with van der Waals surface area (Å²) in [5, 5.41) is 2.82. The molecule has 3 aromatic carbocycles. The first-order chi connectivity index (χ1) is 14.8. The summed E-state index contributed by atoms with van der Waals surface area (Å²) in [5.41, 5.74) is 0.230. The normalized spacial score (nSPS) is 11.0. The molecule has 0 unspecified atom stereocenters. The van der Waals surface area contributed by atoms with Crippen LogP contribution in [-0.2, 0) is 10.0 Å². The first-order valence-corrected chi connectivity index (χ1v) is 11.3. The van der Waals surface area contributed by atoms with E-state index in [-0.39, 0.29) is 21.2 Å². The number of anilines is 1. The molecule has 1 amide bonds. The van der Waals surface area contributed by atoms with Crippen LogP contribution < -0.4 is 14.8 Å². The Balaban J connectivity index is 1.60. The van der Waals surface area contributed by atoms with Crippen molar-refractivity contribution in [1.82, 2.24) is 5.32 Å². The van der Waals surface area contributed by atoms with Gasteiger partial charge in [0.1, 0.15) is 11.6 Å². The predicted octanol–water partition coefficient (Wildman–Crippen LogP) is 4.48. The van der Waals surface area contributed by atoms with Crippen LogP contribution >= 0.6 is 11.6 Å². The SMILES string of the molecule is O=C(NCCCOc1ccccc1)c1cc(S(=O)(=O)Nc2ccc(F)cc2)ccc1Cl. The third kappa shape index (κ3) is 6.44. The van der Waals surface area contributed by atoms with Crippen molar-refractivity contribution in [1.29, 1.82) is 0 Å². The van der Waals surface area contributed by atoms with Gasteiger partial charge in [0.25, 0.3) is 15.9 Å². The molecule has 6 nitrogen and oxygen atoms in total. The molecule has 0 spiro atoms. The van der Waals surface area contributed by atoms with Crippen molar-refractivity contribution in [2.75, 3.05) is 17.9 Å². The molecule has 0 aliphatic carbocycles. The van der Waals surface area contributed by atoms with E-state index in [0.29, 0.717) is 19.6 Å². The Labute approximate surface area is 185 Å². The number of hydrogen-bond donors (Lipinski definition) is 2. The fourth-order valence-corrected chi connectivity index (χ4v) is 3.94. The quantitative estimate of drug-likeness (QED) is 0.459. The zero-order chi connectivity index (χ0) is 22.3. The van der Waals surface area contributed by atoms with Crippen molar-refractivity contribution >= 4 is 33.2 Å². The molecule has 0 bridgehead atoms. The molecule has 0 aromatic heterocycles. The van der Waals surface area contributed by atoms with Crippen LogP contribution in [0.1, 0.15) is 16.8 Å². The molecule has 0 heterocycles. The van der Waals surface area contributed by atoms with E-state index in [1.165, 1.54) is 30.3 Å². The highest BCUT2D eigenvalue weighted by atomic mass is 35.5. The van der Waals surface area contributed by atoms with Crippen LogP contribution in [0.4, 0.5) is 10.1 Å². The van der Waals surface area contributed by atoms with Crippen LogP contribution in [0.5, 0.6) is 5.75 Å². The first kappa shape index (κ1) is 22.6. The second kappa shape index (κ2) is 10.3. The van der Waals surface area contributed by atoms with Crippen LogP contribution in [0.3, 0.4) is 0 Å². The zero-order valence-corrected chi connectivity index (χ0v) is 17.9. The number of benzene rings is 3. The highest BCUT2D eigenvalue weighted by molar-refractivity contribution is 7.92. The molecule has 3 aromatic rings. The van der Waals surface area contributed by atoms with E-state index in [2.05, 4.69) is 10.0 Å². The Bertz CT molecular complexity index is 1140. The maximum atomic E-state index is 13.0. The van der Waals surface area contributed by atoms with E-state index in [4.69, 9.17) is 16.3 Å². The summed E-state index contributed by atoms with van der Waals surface area (Å²) in [5.74, 6) is -0.241. The minimum absolute atomic E-state index is 0.0348. The number of para-hydroxylation sites is 1. The van der Waals surface area contributed by atoms with Gasteiger partial charge in [-0.05, 0) is 61.0 Å². The van der Waals surface area contributed by atoms with Gasteiger partial charge < -0.3 is 10.1 Å². The van der Waals surface area contributed by atoms with Crippen LogP contribution in [-0.4, -0.2) is 27.5 Å². The molecule has 0 aliphatic rings. The average molecular weight is 463 g/mol. The average Bonchev–Trinajstić information content (AvgIpc) is 2.75. The van der Waals surface area contributed by atoms with E-state index in [1.807, 2.05) is 30.3 Å². The lowest BCUT2D eigenvalue weighted by Gasteiger charge is -2.11. The van der Waals surface area contributed by atoms with Crippen LogP contribution in [0.25, 0.3) is 0 Å². The van der Waals surface area contributed by atoms with Gasteiger partial charge in [-0.2, -0.15) is 0 Å². The Hall–Kier alpha value is -3.10. The third-order valence-electron chi connectivity index (χ3n) is 4.21. The number of rotatable bonds is 9. The Morgan fingerprint density at radius 2 is 1.71 bits per heavy atom. The molecule has 0 saturated carbocycles. The number of halogens is 2. The van der Waals surface area contributed by atoms with E-state index >= 15 is 0 Å². The van der Waals surface area contributed by atoms with Crippen molar-refractivity contribution in [3.63, 3.8) is 0 Å². The number of amides is 1. The van der Waals surface area contributed by atoms with Crippen molar-refractivity contribution in [2.45, 2.75) is 11.3 Å². The number of ether oxygens (including phenoxy) is 1. The third-order valence-corrected chi connectivity index (χ3v) is 5.92. The maximum absolute atomic E-state index is 13.0. The molecule has 2 N–H and O–H groups in total. The number of sulfonamides is 1. The molecule has 162 valence electrons. The van der Waals surface area contributed by atoms with Crippen molar-refractivity contribution in [3.05, 3.63) is 89.2 Å². The van der Waals surface area contributed by atoms with Gasteiger partial charge in [0, 0.05) is 12.2 Å². The molecule has 0 saturated heterocycles.